The summed E-state index contributed by atoms with van der Waals surface area (Å²) in [6.07, 6.45) is 7.44. The number of hydrogen-bond donors (Lipinski definition) is 0. The molecule has 1 heteroatoms. The summed E-state index contributed by atoms with van der Waals surface area (Å²) >= 11 is 0. The molecule has 0 N–H and O–H groups in total. The fourth-order valence-corrected chi connectivity index (χ4v) is 5.47. The van der Waals surface area contributed by atoms with E-state index in [1.165, 1.54) is 31.8 Å². The predicted octanol–water partition coefficient (Wildman–Crippen LogP) is 3.84. The van der Waals surface area contributed by atoms with Crippen LogP contribution < -0.4 is 0 Å². The highest BCUT2D eigenvalue weighted by Crippen LogP contribution is 2.53. The molecule has 1 aliphatic heterocycles. The lowest BCUT2D eigenvalue weighted by Gasteiger charge is -2.35. The van der Waals surface area contributed by atoms with Gasteiger partial charge in [-0.05, 0) is 30.3 Å². The van der Waals surface area contributed by atoms with Gasteiger partial charge >= 0.3 is 0 Å². The molecule has 1 saturated heterocycles. The van der Waals surface area contributed by atoms with Crippen molar-refractivity contribution in [2.24, 2.45) is 0 Å². The Kier molecular flexibility index (Phi) is 3.85. The van der Waals surface area contributed by atoms with Crippen molar-refractivity contribution in [1.82, 2.24) is 0 Å². The van der Waals surface area contributed by atoms with E-state index in [1.54, 1.807) is 0 Å². The van der Waals surface area contributed by atoms with E-state index in [0.29, 0.717) is 7.92 Å². The van der Waals surface area contributed by atoms with E-state index in [4.69, 9.17) is 0 Å². The Morgan fingerprint density at radius 2 is 1.73 bits per heavy atom. The predicted molar refractivity (Wildman–Crippen MR) is 54.9 cm³/mol. The summed E-state index contributed by atoms with van der Waals surface area (Å²) in [5, 5.41) is 0. The van der Waals surface area contributed by atoms with Crippen LogP contribution in [-0.4, -0.2) is 17.5 Å². The highest BCUT2D eigenvalue weighted by Gasteiger charge is 2.25. The zero-order valence-electron chi connectivity index (χ0n) is 8.14. The zero-order chi connectivity index (χ0) is 8.27. The van der Waals surface area contributed by atoms with Crippen LogP contribution >= 0.6 is 7.92 Å². The van der Waals surface area contributed by atoms with Crippen molar-refractivity contribution >= 4 is 7.92 Å². The molecule has 66 valence electrons. The maximum Gasteiger partial charge on any atom is -0.0235 e. The minimum atomic E-state index is 0.406. The summed E-state index contributed by atoms with van der Waals surface area (Å²) in [6.45, 7) is 7.27. The van der Waals surface area contributed by atoms with Gasteiger partial charge in [-0.2, -0.15) is 0 Å². The fourth-order valence-electron chi connectivity index (χ4n) is 2.17. The van der Waals surface area contributed by atoms with Crippen molar-refractivity contribution in [1.29, 1.82) is 0 Å². The maximum absolute atomic E-state index is 2.47. The molecule has 0 aromatic rings. The topological polar surface area (TPSA) is 0 Å². The molecule has 0 bridgehead atoms. The molecule has 0 nitrogen and oxygen atoms in total. The Bertz CT molecular complexity index is 101. The fraction of sp³-hybridized carbons (Fsp3) is 1.00. The lowest BCUT2D eigenvalue weighted by atomic mass is 10.1. The van der Waals surface area contributed by atoms with Gasteiger partial charge in [0.25, 0.3) is 0 Å². The van der Waals surface area contributed by atoms with Gasteiger partial charge in [-0.1, -0.05) is 33.6 Å². The smallest absolute Gasteiger partial charge is 0.0235 e. The van der Waals surface area contributed by atoms with Crippen molar-refractivity contribution in [2.45, 2.75) is 57.8 Å². The highest BCUT2D eigenvalue weighted by molar-refractivity contribution is 7.59. The number of hydrogen-bond acceptors (Lipinski definition) is 0. The van der Waals surface area contributed by atoms with Gasteiger partial charge in [-0.3, -0.25) is 0 Å². The summed E-state index contributed by atoms with van der Waals surface area (Å²) in [6, 6.07) is 0. The van der Waals surface area contributed by atoms with Gasteiger partial charge in [-0.25, -0.2) is 0 Å². The maximum atomic E-state index is 2.47. The lowest BCUT2D eigenvalue weighted by molar-refractivity contribution is 0.622. The second kappa shape index (κ2) is 4.45. The van der Waals surface area contributed by atoms with Crippen LogP contribution in [0.15, 0.2) is 0 Å². The molecule has 2 atom stereocenters. The van der Waals surface area contributed by atoms with Crippen LogP contribution in [0.4, 0.5) is 0 Å². The minimum absolute atomic E-state index is 0.406. The Morgan fingerprint density at radius 1 is 1.18 bits per heavy atom. The molecule has 1 fully saturated rings. The summed E-state index contributed by atoms with van der Waals surface area (Å²) in [7, 11) is 0.406. The average molecular weight is 172 g/mol. The van der Waals surface area contributed by atoms with Gasteiger partial charge in [0, 0.05) is 0 Å². The SMILES string of the molecule is CCCP1C(C)CCCC1C. The molecule has 11 heavy (non-hydrogen) atoms. The average Bonchev–Trinajstić information content (AvgIpc) is 1.97. The van der Waals surface area contributed by atoms with E-state index in [-0.39, 0.29) is 0 Å². The van der Waals surface area contributed by atoms with Crippen molar-refractivity contribution in [2.75, 3.05) is 6.16 Å². The van der Waals surface area contributed by atoms with Gasteiger partial charge in [0.2, 0.25) is 0 Å². The van der Waals surface area contributed by atoms with Gasteiger partial charge in [-0.15, -0.1) is 7.92 Å². The first-order valence-electron chi connectivity index (χ1n) is 5.01. The van der Waals surface area contributed by atoms with Crippen molar-refractivity contribution in [3.8, 4) is 0 Å². The Balaban J connectivity index is 2.41. The van der Waals surface area contributed by atoms with Crippen LogP contribution in [0.5, 0.6) is 0 Å². The van der Waals surface area contributed by atoms with E-state index in [2.05, 4.69) is 20.8 Å². The van der Waals surface area contributed by atoms with Crippen molar-refractivity contribution in [3.63, 3.8) is 0 Å². The molecule has 0 radical (unpaired) electrons. The molecule has 2 unspecified atom stereocenters. The Hall–Kier alpha value is 0.430. The van der Waals surface area contributed by atoms with Crippen LogP contribution in [-0.2, 0) is 0 Å². The number of rotatable bonds is 2. The molecular formula is C10H21P. The van der Waals surface area contributed by atoms with Crippen LogP contribution in [0, 0.1) is 0 Å². The van der Waals surface area contributed by atoms with Crippen LogP contribution in [0.3, 0.4) is 0 Å². The van der Waals surface area contributed by atoms with E-state index in [0.717, 1.165) is 11.3 Å². The van der Waals surface area contributed by atoms with Gasteiger partial charge in [0.15, 0.2) is 0 Å². The summed E-state index contributed by atoms with van der Waals surface area (Å²) in [4.78, 5) is 0. The molecule has 0 amide bonds. The van der Waals surface area contributed by atoms with E-state index >= 15 is 0 Å². The van der Waals surface area contributed by atoms with Gasteiger partial charge < -0.3 is 0 Å². The normalized spacial score (nSPS) is 39.0. The van der Waals surface area contributed by atoms with E-state index < -0.39 is 0 Å². The lowest BCUT2D eigenvalue weighted by Crippen LogP contribution is -2.17. The highest BCUT2D eigenvalue weighted by atomic mass is 31.1. The second-order valence-electron chi connectivity index (χ2n) is 3.87. The summed E-state index contributed by atoms with van der Waals surface area (Å²) in [5.74, 6) is 0. The molecule has 1 aliphatic rings. The summed E-state index contributed by atoms with van der Waals surface area (Å²) in [5.41, 5.74) is 2.13. The molecule has 0 aliphatic carbocycles. The van der Waals surface area contributed by atoms with E-state index in [1.807, 2.05) is 0 Å². The van der Waals surface area contributed by atoms with Crippen molar-refractivity contribution < 1.29 is 0 Å². The molecule has 1 rings (SSSR count). The quantitative estimate of drug-likeness (QED) is 0.555. The Labute approximate surface area is 72.5 Å². The van der Waals surface area contributed by atoms with Crippen LogP contribution in [0.1, 0.15) is 46.5 Å². The standard InChI is InChI=1S/C10H21P/c1-4-8-11-9(2)6-5-7-10(11)3/h9-10H,4-8H2,1-3H3. The van der Waals surface area contributed by atoms with Gasteiger partial charge in [0.1, 0.15) is 0 Å². The molecule has 0 aromatic carbocycles. The third kappa shape index (κ3) is 2.44. The largest absolute Gasteiger partial charge is 0.101 e. The molecule has 0 spiro atoms. The molecule has 1 heterocycles. The first-order chi connectivity index (χ1) is 5.25. The first kappa shape index (κ1) is 9.52. The second-order valence-corrected chi connectivity index (χ2v) is 7.11. The summed E-state index contributed by atoms with van der Waals surface area (Å²) < 4.78 is 0. The monoisotopic (exact) mass is 172 g/mol. The van der Waals surface area contributed by atoms with Crippen molar-refractivity contribution in [3.05, 3.63) is 0 Å². The molecule has 0 aromatic heterocycles. The van der Waals surface area contributed by atoms with Crippen LogP contribution in [0.2, 0.25) is 0 Å². The third-order valence-electron chi connectivity index (χ3n) is 2.86. The van der Waals surface area contributed by atoms with Crippen LogP contribution in [0.25, 0.3) is 0 Å². The molecule has 0 saturated carbocycles. The minimum Gasteiger partial charge on any atom is -0.101 e. The zero-order valence-corrected chi connectivity index (χ0v) is 9.03. The van der Waals surface area contributed by atoms with E-state index in [9.17, 15) is 0 Å². The molecular weight excluding hydrogens is 151 g/mol. The first-order valence-corrected chi connectivity index (χ1v) is 6.68. The third-order valence-corrected chi connectivity index (χ3v) is 6.60. The Morgan fingerprint density at radius 3 is 2.18 bits per heavy atom. The van der Waals surface area contributed by atoms with Gasteiger partial charge in [0.05, 0.1) is 0 Å².